The number of nitrogens with one attached hydrogen (secondary N) is 2. The van der Waals surface area contributed by atoms with E-state index in [0.717, 1.165) is 10.9 Å². The molecular weight excluding hydrogens is 426 g/mol. The topological polar surface area (TPSA) is 138 Å². The normalized spacial score (nSPS) is 13.5. The fourth-order valence-corrected chi connectivity index (χ4v) is 3.19. The van der Waals surface area contributed by atoms with Gasteiger partial charge in [-0.25, -0.2) is 9.59 Å². The van der Waals surface area contributed by atoms with Crippen LogP contribution >= 0.6 is 0 Å². The third-order valence-corrected chi connectivity index (χ3v) is 4.93. The first kappa shape index (κ1) is 23.7. The second-order valence-electron chi connectivity index (χ2n) is 7.52. The lowest BCUT2D eigenvalue weighted by molar-refractivity contribution is -0.142. The molecule has 9 heteroatoms. The number of amides is 2. The number of fused-ring (bicyclic) bond motifs is 1. The van der Waals surface area contributed by atoms with Crippen LogP contribution in [0, 0.1) is 0 Å². The maximum atomic E-state index is 12.7. The number of para-hydroxylation sites is 1. The van der Waals surface area contributed by atoms with Gasteiger partial charge in [0.2, 0.25) is 5.91 Å². The van der Waals surface area contributed by atoms with Crippen molar-refractivity contribution in [2.75, 3.05) is 0 Å². The smallest absolute Gasteiger partial charge is 0.408 e. The molecule has 0 saturated heterocycles. The minimum absolute atomic E-state index is 0.0216. The molecule has 0 fully saturated rings. The molecule has 172 valence electrons. The number of aliphatic carboxylic acids is 1. The highest BCUT2D eigenvalue weighted by atomic mass is 16.5. The van der Waals surface area contributed by atoms with Crippen LogP contribution in [0.5, 0.6) is 0 Å². The largest absolute Gasteiger partial charge is 0.480 e. The van der Waals surface area contributed by atoms with Crippen LogP contribution in [0.4, 0.5) is 4.79 Å². The van der Waals surface area contributed by atoms with Gasteiger partial charge in [-0.2, -0.15) is 0 Å². The maximum absolute atomic E-state index is 12.7. The third kappa shape index (κ3) is 6.75. The summed E-state index contributed by atoms with van der Waals surface area (Å²) in [6, 6.07) is 17.1. The number of carboxylic acid groups (broad SMARTS) is 1. The molecule has 3 atom stereocenters. The van der Waals surface area contributed by atoms with E-state index in [-0.39, 0.29) is 13.0 Å². The SMILES string of the molecule is C[C@@H](O)[C@H](NC(=O)OCc1ccccc1)C(=O)N[C@@H](Cc1ccc2ccccc2n1)C(=O)O. The summed E-state index contributed by atoms with van der Waals surface area (Å²) in [4.78, 5) is 41.0. The first-order valence-electron chi connectivity index (χ1n) is 10.4. The van der Waals surface area contributed by atoms with Crippen LogP contribution in [0.15, 0.2) is 66.7 Å². The molecule has 0 saturated carbocycles. The quantitative estimate of drug-likeness (QED) is 0.390. The highest BCUT2D eigenvalue weighted by molar-refractivity contribution is 5.89. The molecule has 1 heterocycles. The predicted molar refractivity (Wildman–Crippen MR) is 120 cm³/mol. The van der Waals surface area contributed by atoms with Crippen molar-refractivity contribution >= 4 is 28.9 Å². The van der Waals surface area contributed by atoms with Crippen molar-refractivity contribution in [2.45, 2.75) is 38.1 Å². The van der Waals surface area contributed by atoms with E-state index in [1.54, 1.807) is 30.3 Å². The summed E-state index contributed by atoms with van der Waals surface area (Å²) >= 11 is 0. The number of ether oxygens (including phenoxy) is 1. The van der Waals surface area contributed by atoms with E-state index in [0.29, 0.717) is 11.2 Å². The molecule has 0 aliphatic carbocycles. The van der Waals surface area contributed by atoms with Gasteiger partial charge in [-0.05, 0) is 24.6 Å². The van der Waals surface area contributed by atoms with Crippen LogP contribution in [-0.2, 0) is 27.4 Å². The first-order valence-corrected chi connectivity index (χ1v) is 10.4. The molecule has 0 aliphatic heterocycles. The molecule has 2 amide bonds. The second kappa shape index (κ2) is 11.1. The summed E-state index contributed by atoms with van der Waals surface area (Å²) in [6.45, 7) is 1.29. The van der Waals surface area contributed by atoms with E-state index in [4.69, 9.17) is 4.74 Å². The lowest BCUT2D eigenvalue weighted by atomic mass is 10.1. The van der Waals surface area contributed by atoms with Crippen molar-refractivity contribution in [3.8, 4) is 0 Å². The summed E-state index contributed by atoms with van der Waals surface area (Å²) in [7, 11) is 0. The average Bonchev–Trinajstić information content (AvgIpc) is 2.81. The molecule has 9 nitrogen and oxygen atoms in total. The fraction of sp³-hybridized carbons (Fsp3) is 0.250. The second-order valence-corrected chi connectivity index (χ2v) is 7.52. The van der Waals surface area contributed by atoms with Crippen molar-refractivity contribution < 1.29 is 29.3 Å². The van der Waals surface area contributed by atoms with Gasteiger partial charge in [-0.1, -0.05) is 54.6 Å². The van der Waals surface area contributed by atoms with Gasteiger partial charge >= 0.3 is 12.1 Å². The molecule has 33 heavy (non-hydrogen) atoms. The minimum atomic E-state index is -1.40. The molecule has 0 spiro atoms. The zero-order valence-corrected chi connectivity index (χ0v) is 18.0. The Kier molecular flexibility index (Phi) is 7.93. The summed E-state index contributed by atoms with van der Waals surface area (Å²) in [5.74, 6) is -2.12. The lowest BCUT2D eigenvalue weighted by Crippen LogP contribution is -2.56. The minimum Gasteiger partial charge on any atom is -0.480 e. The number of hydrogen-bond acceptors (Lipinski definition) is 6. The monoisotopic (exact) mass is 451 g/mol. The highest BCUT2D eigenvalue weighted by Crippen LogP contribution is 2.13. The molecule has 3 rings (SSSR count). The number of aromatic nitrogens is 1. The van der Waals surface area contributed by atoms with E-state index in [1.165, 1.54) is 6.92 Å². The van der Waals surface area contributed by atoms with Crippen LogP contribution in [0.1, 0.15) is 18.2 Å². The standard InChI is InChI=1S/C24H25N3O6/c1-15(28)21(27-24(32)33-14-16-7-3-2-4-8-16)22(29)26-20(23(30)31)13-18-12-11-17-9-5-6-10-19(17)25-18/h2-12,15,20-21,28H,13-14H2,1H3,(H,26,29)(H,27,32)(H,30,31)/t15-,20+,21+/m1/s1. The van der Waals surface area contributed by atoms with Gasteiger partial charge in [-0.3, -0.25) is 9.78 Å². The van der Waals surface area contributed by atoms with E-state index < -0.39 is 36.2 Å². The van der Waals surface area contributed by atoms with Gasteiger partial charge in [0.05, 0.1) is 11.6 Å². The van der Waals surface area contributed by atoms with Gasteiger partial charge in [0.25, 0.3) is 0 Å². The van der Waals surface area contributed by atoms with Gasteiger partial charge in [-0.15, -0.1) is 0 Å². The lowest BCUT2D eigenvalue weighted by Gasteiger charge is -2.23. The molecule has 1 aromatic heterocycles. The molecular formula is C24H25N3O6. The number of hydrogen-bond donors (Lipinski definition) is 4. The Morgan fingerprint density at radius 3 is 2.36 bits per heavy atom. The highest BCUT2D eigenvalue weighted by Gasteiger charge is 2.30. The van der Waals surface area contributed by atoms with Gasteiger partial charge < -0.3 is 25.6 Å². The Labute approximate surface area is 190 Å². The predicted octanol–water partition coefficient (Wildman–Crippen LogP) is 2.02. The maximum Gasteiger partial charge on any atom is 0.408 e. The number of carbonyl (C=O) groups excluding carboxylic acids is 2. The average molecular weight is 451 g/mol. The Hall–Kier alpha value is -3.98. The number of carbonyl (C=O) groups is 3. The van der Waals surface area contributed by atoms with Crippen molar-refractivity contribution in [2.24, 2.45) is 0 Å². The van der Waals surface area contributed by atoms with Crippen molar-refractivity contribution in [3.05, 3.63) is 78.0 Å². The van der Waals surface area contributed by atoms with Crippen molar-refractivity contribution in [1.82, 2.24) is 15.6 Å². The van der Waals surface area contributed by atoms with Gasteiger partial charge in [0, 0.05) is 17.5 Å². The van der Waals surface area contributed by atoms with Crippen LogP contribution < -0.4 is 10.6 Å². The number of nitrogens with zero attached hydrogens (tertiary/aromatic N) is 1. The molecule has 0 aliphatic rings. The summed E-state index contributed by atoms with van der Waals surface area (Å²) in [5, 5.41) is 25.1. The first-order chi connectivity index (χ1) is 15.8. The number of carboxylic acids is 1. The third-order valence-electron chi connectivity index (χ3n) is 4.93. The Bertz CT molecular complexity index is 1120. The number of pyridine rings is 1. The number of rotatable bonds is 9. The van der Waals surface area contributed by atoms with Crippen LogP contribution in [0.2, 0.25) is 0 Å². The molecule has 2 aromatic carbocycles. The van der Waals surface area contributed by atoms with E-state index in [1.807, 2.05) is 36.4 Å². The number of benzene rings is 2. The Morgan fingerprint density at radius 1 is 0.970 bits per heavy atom. The van der Waals surface area contributed by atoms with Crippen molar-refractivity contribution in [1.29, 1.82) is 0 Å². The molecule has 0 bridgehead atoms. The Morgan fingerprint density at radius 2 is 1.67 bits per heavy atom. The number of alkyl carbamates (subject to hydrolysis) is 1. The van der Waals surface area contributed by atoms with E-state index in [9.17, 15) is 24.6 Å². The summed E-state index contributed by atoms with van der Waals surface area (Å²) < 4.78 is 5.08. The Balaban J connectivity index is 1.63. The van der Waals surface area contributed by atoms with E-state index >= 15 is 0 Å². The molecule has 4 N–H and O–H groups in total. The van der Waals surface area contributed by atoms with Crippen LogP contribution in [0.25, 0.3) is 10.9 Å². The zero-order chi connectivity index (χ0) is 23.8. The van der Waals surface area contributed by atoms with Gasteiger partial charge in [0.15, 0.2) is 0 Å². The fourth-order valence-electron chi connectivity index (χ4n) is 3.19. The molecule has 3 aromatic rings. The van der Waals surface area contributed by atoms with E-state index in [2.05, 4.69) is 15.6 Å². The van der Waals surface area contributed by atoms with Gasteiger partial charge in [0.1, 0.15) is 18.7 Å². The number of aliphatic hydroxyl groups is 1. The summed E-state index contributed by atoms with van der Waals surface area (Å²) in [6.07, 6.45) is -2.28. The molecule has 0 unspecified atom stereocenters. The summed E-state index contributed by atoms with van der Waals surface area (Å²) in [5.41, 5.74) is 1.93. The number of aliphatic hydroxyl groups excluding tert-OH is 1. The molecule has 0 radical (unpaired) electrons. The van der Waals surface area contributed by atoms with Crippen molar-refractivity contribution in [3.63, 3.8) is 0 Å². The zero-order valence-electron chi connectivity index (χ0n) is 18.0. The van der Waals surface area contributed by atoms with Crippen LogP contribution in [0.3, 0.4) is 0 Å². The van der Waals surface area contributed by atoms with Crippen LogP contribution in [-0.4, -0.2) is 51.4 Å².